The predicted molar refractivity (Wildman–Crippen MR) is 78.3 cm³/mol. The summed E-state index contributed by atoms with van der Waals surface area (Å²) in [6, 6.07) is 4.20. The van der Waals surface area contributed by atoms with E-state index in [1.807, 2.05) is 6.92 Å². The van der Waals surface area contributed by atoms with E-state index >= 15 is 0 Å². The molecule has 0 aliphatic carbocycles. The molecule has 1 aromatic rings. The monoisotopic (exact) mass is 295 g/mol. The van der Waals surface area contributed by atoms with Crippen LogP contribution in [0.25, 0.3) is 0 Å². The number of aryl methyl sites for hydroxylation is 1. The number of aliphatic hydroxyl groups is 1. The van der Waals surface area contributed by atoms with Crippen molar-refractivity contribution in [3.05, 3.63) is 35.1 Å². The third-order valence-corrected chi connectivity index (χ3v) is 4.02. The Morgan fingerprint density at radius 1 is 1.57 bits per heavy atom. The maximum Gasteiger partial charge on any atom is 0.315 e. The molecule has 2 unspecified atom stereocenters. The van der Waals surface area contributed by atoms with Gasteiger partial charge in [0.15, 0.2) is 0 Å². The standard InChI is InChI=1S/C15H22FN3O2/c1-10-8-11(16)2-3-13(10)14-9-12(18-5-7-20)4-6-19(14)15(17)21/h2-3,8,12,14,18,20H,4-7,9H2,1H3,(H2,17,21). The van der Waals surface area contributed by atoms with E-state index < -0.39 is 6.03 Å². The van der Waals surface area contributed by atoms with Gasteiger partial charge in [-0.15, -0.1) is 0 Å². The second-order valence-corrected chi connectivity index (χ2v) is 5.45. The highest BCUT2D eigenvalue weighted by Gasteiger charge is 2.32. The van der Waals surface area contributed by atoms with Crippen molar-refractivity contribution in [1.29, 1.82) is 0 Å². The number of benzene rings is 1. The molecule has 2 amide bonds. The number of nitrogens with one attached hydrogen (secondary N) is 1. The van der Waals surface area contributed by atoms with Gasteiger partial charge in [-0.05, 0) is 43.0 Å². The average molecular weight is 295 g/mol. The molecule has 21 heavy (non-hydrogen) atoms. The minimum atomic E-state index is -0.454. The van der Waals surface area contributed by atoms with Gasteiger partial charge in [0.25, 0.3) is 0 Å². The van der Waals surface area contributed by atoms with Gasteiger partial charge in [0.05, 0.1) is 12.6 Å². The second kappa shape index (κ2) is 6.87. The van der Waals surface area contributed by atoms with Gasteiger partial charge >= 0.3 is 6.03 Å². The van der Waals surface area contributed by atoms with Gasteiger partial charge in [0.1, 0.15) is 5.82 Å². The Morgan fingerprint density at radius 2 is 2.33 bits per heavy atom. The SMILES string of the molecule is Cc1cc(F)ccc1C1CC(NCCO)CCN1C(N)=O. The van der Waals surface area contributed by atoms with Crippen molar-refractivity contribution >= 4 is 6.03 Å². The Kier molecular flexibility index (Phi) is 5.14. The number of carbonyl (C=O) groups is 1. The van der Waals surface area contributed by atoms with E-state index in [9.17, 15) is 9.18 Å². The van der Waals surface area contributed by atoms with Crippen molar-refractivity contribution in [2.45, 2.75) is 31.8 Å². The fraction of sp³-hybridized carbons (Fsp3) is 0.533. The van der Waals surface area contributed by atoms with Gasteiger partial charge in [0.2, 0.25) is 0 Å². The molecule has 1 heterocycles. The molecule has 5 nitrogen and oxygen atoms in total. The van der Waals surface area contributed by atoms with Crippen LogP contribution < -0.4 is 11.1 Å². The van der Waals surface area contributed by atoms with Gasteiger partial charge in [-0.3, -0.25) is 0 Å². The largest absolute Gasteiger partial charge is 0.395 e. The molecule has 1 saturated heterocycles. The lowest BCUT2D eigenvalue weighted by Gasteiger charge is -2.39. The van der Waals surface area contributed by atoms with Crippen LogP contribution in [0.2, 0.25) is 0 Å². The number of hydrogen-bond acceptors (Lipinski definition) is 3. The molecular weight excluding hydrogens is 273 g/mol. The predicted octanol–water partition coefficient (Wildman–Crippen LogP) is 1.30. The molecule has 1 fully saturated rings. The normalized spacial score (nSPS) is 22.3. The summed E-state index contributed by atoms with van der Waals surface area (Å²) in [4.78, 5) is 13.3. The van der Waals surface area contributed by atoms with Gasteiger partial charge in [-0.25, -0.2) is 9.18 Å². The van der Waals surface area contributed by atoms with E-state index in [2.05, 4.69) is 5.32 Å². The summed E-state index contributed by atoms with van der Waals surface area (Å²) in [7, 11) is 0. The van der Waals surface area contributed by atoms with Gasteiger partial charge in [-0.1, -0.05) is 6.07 Å². The first-order valence-corrected chi connectivity index (χ1v) is 7.19. The maximum absolute atomic E-state index is 13.3. The summed E-state index contributed by atoms with van der Waals surface area (Å²) in [5.41, 5.74) is 7.21. The number of nitrogens with two attached hydrogens (primary N) is 1. The zero-order valence-corrected chi connectivity index (χ0v) is 12.2. The number of rotatable bonds is 4. The van der Waals surface area contributed by atoms with Crippen molar-refractivity contribution in [3.63, 3.8) is 0 Å². The third kappa shape index (κ3) is 3.71. The lowest BCUT2D eigenvalue weighted by molar-refractivity contribution is 0.141. The average Bonchev–Trinajstić information content (AvgIpc) is 2.44. The topological polar surface area (TPSA) is 78.6 Å². The summed E-state index contributed by atoms with van der Waals surface area (Å²) in [6.07, 6.45) is 1.50. The maximum atomic E-state index is 13.3. The molecule has 0 bridgehead atoms. The molecule has 6 heteroatoms. The fourth-order valence-electron chi connectivity index (χ4n) is 2.99. The first-order chi connectivity index (χ1) is 10.0. The number of piperidine rings is 1. The summed E-state index contributed by atoms with van der Waals surface area (Å²) >= 11 is 0. The Labute approximate surface area is 123 Å². The number of carbonyl (C=O) groups excluding carboxylic acids is 1. The first-order valence-electron chi connectivity index (χ1n) is 7.19. The molecule has 0 aromatic heterocycles. The van der Waals surface area contributed by atoms with Gasteiger partial charge in [0, 0.05) is 19.1 Å². The summed E-state index contributed by atoms with van der Waals surface area (Å²) in [6.45, 7) is 2.99. The van der Waals surface area contributed by atoms with E-state index in [1.54, 1.807) is 11.0 Å². The van der Waals surface area contributed by atoms with E-state index in [0.29, 0.717) is 19.5 Å². The van der Waals surface area contributed by atoms with Crippen molar-refractivity contribution in [1.82, 2.24) is 10.2 Å². The summed E-state index contributed by atoms with van der Waals surface area (Å²) < 4.78 is 13.3. The Morgan fingerprint density at radius 3 is 2.95 bits per heavy atom. The third-order valence-electron chi connectivity index (χ3n) is 4.02. The smallest absolute Gasteiger partial charge is 0.315 e. The second-order valence-electron chi connectivity index (χ2n) is 5.45. The molecule has 2 atom stereocenters. The van der Waals surface area contributed by atoms with Crippen LogP contribution in [-0.4, -0.2) is 41.8 Å². The lowest BCUT2D eigenvalue weighted by atomic mass is 9.89. The van der Waals surface area contributed by atoms with Crippen LogP contribution in [0.5, 0.6) is 0 Å². The van der Waals surface area contributed by atoms with E-state index in [1.165, 1.54) is 12.1 Å². The Balaban J connectivity index is 2.23. The van der Waals surface area contributed by atoms with E-state index in [0.717, 1.165) is 17.5 Å². The van der Waals surface area contributed by atoms with Crippen LogP contribution in [0, 0.1) is 12.7 Å². The molecule has 2 rings (SSSR count). The molecule has 1 aliphatic rings. The van der Waals surface area contributed by atoms with Crippen molar-refractivity contribution in [3.8, 4) is 0 Å². The minimum absolute atomic E-state index is 0.0796. The van der Waals surface area contributed by atoms with Gasteiger partial charge < -0.3 is 21.1 Å². The summed E-state index contributed by atoms with van der Waals surface area (Å²) in [5, 5.41) is 12.2. The molecule has 116 valence electrons. The number of aliphatic hydroxyl groups excluding tert-OH is 1. The molecule has 1 aliphatic heterocycles. The molecule has 4 N–H and O–H groups in total. The molecule has 1 aromatic carbocycles. The van der Waals surface area contributed by atoms with Crippen LogP contribution in [0.1, 0.15) is 30.0 Å². The highest BCUT2D eigenvalue weighted by molar-refractivity contribution is 5.73. The van der Waals surface area contributed by atoms with E-state index in [4.69, 9.17) is 10.8 Å². The Hall–Kier alpha value is -1.66. The number of halogens is 1. The fourth-order valence-corrected chi connectivity index (χ4v) is 2.99. The molecule has 0 saturated carbocycles. The van der Waals surface area contributed by atoms with Crippen LogP contribution in [-0.2, 0) is 0 Å². The highest BCUT2D eigenvalue weighted by Crippen LogP contribution is 2.33. The zero-order chi connectivity index (χ0) is 15.4. The first kappa shape index (κ1) is 15.7. The lowest BCUT2D eigenvalue weighted by Crippen LogP contribution is -2.49. The number of nitrogens with zero attached hydrogens (tertiary/aromatic N) is 1. The molecule has 0 spiro atoms. The number of hydrogen-bond donors (Lipinski definition) is 3. The van der Waals surface area contributed by atoms with Crippen LogP contribution >= 0.6 is 0 Å². The minimum Gasteiger partial charge on any atom is -0.395 e. The van der Waals surface area contributed by atoms with Crippen LogP contribution in [0.4, 0.5) is 9.18 Å². The van der Waals surface area contributed by atoms with Crippen molar-refractivity contribution in [2.24, 2.45) is 5.73 Å². The number of likely N-dealkylation sites (tertiary alicyclic amines) is 1. The number of urea groups is 1. The molecular formula is C15H22FN3O2. The number of primary amides is 1. The summed E-state index contributed by atoms with van der Waals surface area (Å²) in [5.74, 6) is -0.285. The van der Waals surface area contributed by atoms with Gasteiger partial charge in [-0.2, -0.15) is 0 Å². The number of amides is 2. The van der Waals surface area contributed by atoms with Crippen LogP contribution in [0.15, 0.2) is 18.2 Å². The Bertz CT molecular complexity index is 510. The van der Waals surface area contributed by atoms with Crippen molar-refractivity contribution < 1.29 is 14.3 Å². The van der Waals surface area contributed by atoms with E-state index in [-0.39, 0.29) is 24.5 Å². The zero-order valence-electron chi connectivity index (χ0n) is 12.2. The molecule has 0 radical (unpaired) electrons. The quantitative estimate of drug-likeness (QED) is 0.783. The highest BCUT2D eigenvalue weighted by atomic mass is 19.1. The van der Waals surface area contributed by atoms with Crippen LogP contribution in [0.3, 0.4) is 0 Å². The van der Waals surface area contributed by atoms with Crippen molar-refractivity contribution in [2.75, 3.05) is 19.7 Å².